The second-order valence-electron chi connectivity index (χ2n) is 1.24. The molecular weight excluding hydrogens is 122 g/mol. The maximum absolute atomic E-state index is 4.73. The Kier molecular flexibility index (Phi) is 3.52. The van der Waals surface area contributed by atoms with Gasteiger partial charge in [0, 0.05) is 0 Å². The zero-order valence-corrected chi connectivity index (χ0v) is 4.87. The summed E-state index contributed by atoms with van der Waals surface area (Å²) in [6.07, 6.45) is 1.40. The van der Waals surface area contributed by atoms with E-state index in [1.807, 2.05) is 0 Å². The van der Waals surface area contributed by atoms with Crippen molar-refractivity contribution < 1.29 is 4.84 Å². The minimum absolute atomic E-state index is 0. The first-order valence-corrected chi connectivity index (χ1v) is 2.09. The van der Waals surface area contributed by atoms with Crippen LogP contribution in [-0.4, -0.2) is 15.2 Å². The maximum Gasteiger partial charge on any atom is 0.152 e. The van der Waals surface area contributed by atoms with Crippen LogP contribution >= 0.6 is 0 Å². The van der Waals surface area contributed by atoms with Gasteiger partial charge in [-0.3, -0.25) is 9.94 Å². The Hall–Kier alpha value is -0.980. The van der Waals surface area contributed by atoms with E-state index in [-0.39, 0.29) is 12.8 Å². The van der Waals surface area contributed by atoms with Gasteiger partial charge in [0.1, 0.15) is 12.9 Å². The van der Waals surface area contributed by atoms with Gasteiger partial charge in [-0.25, -0.2) is 10.9 Å². The molecule has 0 amide bonds. The molecule has 9 heavy (non-hydrogen) atoms. The van der Waals surface area contributed by atoms with Crippen LogP contribution in [0, 0.1) is 0 Å². The summed E-state index contributed by atoms with van der Waals surface area (Å²) in [6.45, 7) is 0.278. The molecule has 0 atom stereocenters. The molecule has 1 rings (SSSR count). The molecule has 0 radical (unpaired) electrons. The molecule has 52 valence electrons. The number of hydrogen-bond donors (Lipinski definition) is 3. The summed E-state index contributed by atoms with van der Waals surface area (Å²) in [5, 5.41) is 6.14. The summed E-state index contributed by atoms with van der Waals surface area (Å²) < 4.78 is 0. The summed E-state index contributed by atoms with van der Waals surface area (Å²) in [6, 6.07) is 0. The smallest absolute Gasteiger partial charge is 0.152 e. The number of nitrogens with zero attached hydrogens (tertiary/aromatic N) is 2. The summed E-state index contributed by atoms with van der Waals surface area (Å²) in [7, 11) is 0. The zero-order chi connectivity index (χ0) is 5.82. The second kappa shape index (κ2) is 3.96. The lowest BCUT2D eigenvalue weighted by Crippen LogP contribution is -2.00. The van der Waals surface area contributed by atoms with E-state index in [1.54, 1.807) is 0 Å². The molecule has 0 bridgehead atoms. The predicted molar refractivity (Wildman–Crippen MR) is 30.4 cm³/mol. The van der Waals surface area contributed by atoms with Crippen molar-refractivity contribution in [2.24, 2.45) is 5.90 Å². The van der Waals surface area contributed by atoms with Crippen LogP contribution in [0.5, 0.6) is 0 Å². The first kappa shape index (κ1) is 8.02. The van der Waals surface area contributed by atoms with Crippen LogP contribution < -0.4 is 12.0 Å². The fourth-order valence-electron chi connectivity index (χ4n) is 0.379. The lowest BCUT2D eigenvalue weighted by atomic mass is 10.7. The SMILES string of the molecule is N.NOCc1ncn[nH]1. The summed E-state index contributed by atoms with van der Waals surface area (Å²) in [4.78, 5) is 7.99. The van der Waals surface area contributed by atoms with E-state index in [2.05, 4.69) is 20.0 Å². The molecule has 0 saturated carbocycles. The van der Waals surface area contributed by atoms with Crippen LogP contribution in [0.4, 0.5) is 0 Å². The van der Waals surface area contributed by atoms with E-state index in [0.29, 0.717) is 5.82 Å². The zero-order valence-electron chi connectivity index (χ0n) is 4.87. The minimum Gasteiger partial charge on any atom is -0.344 e. The van der Waals surface area contributed by atoms with Gasteiger partial charge in [-0.2, -0.15) is 5.10 Å². The predicted octanol–water partition coefficient (Wildman–Crippen LogP) is -0.643. The molecule has 0 aliphatic rings. The Bertz CT molecular complexity index is 138. The summed E-state index contributed by atoms with van der Waals surface area (Å²) >= 11 is 0. The van der Waals surface area contributed by atoms with Crippen LogP contribution in [0.1, 0.15) is 5.82 Å². The summed E-state index contributed by atoms with van der Waals surface area (Å²) in [5.74, 6) is 5.36. The average molecular weight is 131 g/mol. The number of aromatic amines is 1. The van der Waals surface area contributed by atoms with Gasteiger partial charge < -0.3 is 6.15 Å². The van der Waals surface area contributed by atoms with E-state index >= 15 is 0 Å². The molecule has 1 heterocycles. The molecule has 1 aromatic heterocycles. The first-order chi connectivity index (χ1) is 3.93. The van der Waals surface area contributed by atoms with E-state index < -0.39 is 0 Å². The fraction of sp³-hybridized carbons (Fsp3) is 0.333. The molecule has 1 aromatic rings. The van der Waals surface area contributed by atoms with Crippen LogP contribution in [0.25, 0.3) is 0 Å². The quantitative estimate of drug-likeness (QED) is 0.462. The van der Waals surface area contributed by atoms with Crippen LogP contribution in [0.2, 0.25) is 0 Å². The van der Waals surface area contributed by atoms with Crippen molar-refractivity contribution in [1.82, 2.24) is 21.3 Å². The molecular formula is C3H9N5O. The van der Waals surface area contributed by atoms with E-state index in [0.717, 1.165) is 0 Å². The summed E-state index contributed by atoms with van der Waals surface area (Å²) in [5.41, 5.74) is 0. The highest BCUT2D eigenvalue weighted by Crippen LogP contribution is 1.83. The Morgan fingerprint density at radius 3 is 3.00 bits per heavy atom. The van der Waals surface area contributed by atoms with Gasteiger partial charge in [0.15, 0.2) is 5.82 Å². The number of nitrogens with one attached hydrogen (secondary N) is 1. The Morgan fingerprint density at radius 1 is 1.78 bits per heavy atom. The normalized spacial score (nSPS) is 8.56. The van der Waals surface area contributed by atoms with E-state index in [9.17, 15) is 0 Å². The topological polar surface area (TPSA) is 112 Å². The van der Waals surface area contributed by atoms with Crippen molar-refractivity contribution in [2.45, 2.75) is 6.61 Å². The Labute approximate surface area is 52.0 Å². The number of aromatic nitrogens is 3. The fourth-order valence-corrected chi connectivity index (χ4v) is 0.379. The molecule has 0 fully saturated rings. The van der Waals surface area contributed by atoms with Gasteiger partial charge in [0.05, 0.1) is 0 Å². The molecule has 0 saturated heterocycles. The van der Waals surface area contributed by atoms with Crippen molar-refractivity contribution in [1.29, 1.82) is 0 Å². The minimum atomic E-state index is 0. The third-order valence-corrected chi connectivity index (χ3v) is 0.685. The highest BCUT2D eigenvalue weighted by atomic mass is 16.6. The highest BCUT2D eigenvalue weighted by molar-refractivity contribution is 4.74. The number of rotatable bonds is 2. The Balaban J connectivity index is 0.000000640. The lowest BCUT2D eigenvalue weighted by Gasteiger charge is -1.87. The van der Waals surface area contributed by atoms with Gasteiger partial charge in [0.2, 0.25) is 0 Å². The highest BCUT2D eigenvalue weighted by Gasteiger charge is 1.89. The van der Waals surface area contributed by atoms with Crippen LogP contribution in [0.3, 0.4) is 0 Å². The van der Waals surface area contributed by atoms with Gasteiger partial charge in [-0.15, -0.1) is 0 Å². The molecule has 0 aliphatic heterocycles. The van der Waals surface area contributed by atoms with Crippen LogP contribution in [-0.2, 0) is 11.4 Å². The van der Waals surface area contributed by atoms with Crippen molar-refractivity contribution in [3.05, 3.63) is 12.2 Å². The largest absolute Gasteiger partial charge is 0.344 e. The van der Waals surface area contributed by atoms with Crippen molar-refractivity contribution in [2.75, 3.05) is 0 Å². The van der Waals surface area contributed by atoms with Crippen LogP contribution in [0.15, 0.2) is 6.33 Å². The number of nitrogens with two attached hydrogens (primary N) is 1. The van der Waals surface area contributed by atoms with Gasteiger partial charge in [-0.1, -0.05) is 0 Å². The maximum atomic E-state index is 4.73. The van der Waals surface area contributed by atoms with Gasteiger partial charge in [-0.05, 0) is 0 Å². The molecule has 0 unspecified atom stereocenters. The van der Waals surface area contributed by atoms with Gasteiger partial charge >= 0.3 is 0 Å². The Morgan fingerprint density at radius 2 is 2.56 bits per heavy atom. The van der Waals surface area contributed by atoms with Gasteiger partial charge in [0.25, 0.3) is 0 Å². The molecule has 6 nitrogen and oxygen atoms in total. The van der Waals surface area contributed by atoms with E-state index in [1.165, 1.54) is 6.33 Å². The lowest BCUT2D eigenvalue weighted by molar-refractivity contribution is 0.118. The molecule has 0 aromatic carbocycles. The van der Waals surface area contributed by atoms with E-state index in [4.69, 9.17) is 5.90 Å². The standard InChI is InChI=1S/C3H6N4O.H3N/c4-8-1-3-5-2-6-7-3;/h2H,1,4H2,(H,5,6,7);1H3. The number of hydrogen-bond acceptors (Lipinski definition) is 5. The molecule has 6 N–H and O–H groups in total. The number of H-pyrrole nitrogens is 1. The molecule has 0 spiro atoms. The monoisotopic (exact) mass is 131 g/mol. The van der Waals surface area contributed by atoms with Crippen molar-refractivity contribution in [3.8, 4) is 0 Å². The first-order valence-electron chi connectivity index (χ1n) is 2.09. The molecule has 6 heteroatoms. The average Bonchev–Trinajstić information content (AvgIpc) is 2.19. The van der Waals surface area contributed by atoms with Crippen molar-refractivity contribution in [3.63, 3.8) is 0 Å². The third-order valence-electron chi connectivity index (χ3n) is 0.685. The third kappa shape index (κ3) is 2.17. The second-order valence-corrected chi connectivity index (χ2v) is 1.24. The van der Waals surface area contributed by atoms with Crippen molar-refractivity contribution >= 4 is 0 Å². The molecule has 0 aliphatic carbocycles.